The number of carbonyl (C=O) groups is 1. The number of nitrogens with zero attached hydrogens (tertiary/aromatic N) is 2. The van der Waals surface area contributed by atoms with Crippen molar-refractivity contribution >= 4 is 11.6 Å². The van der Waals surface area contributed by atoms with E-state index in [9.17, 15) is 4.79 Å². The fourth-order valence-corrected chi connectivity index (χ4v) is 7.05. The summed E-state index contributed by atoms with van der Waals surface area (Å²) in [7, 11) is 0. The van der Waals surface area contributed by atoms with Crippen LogP contribution >= 0.6 is 0 Å². The monoisotopic (exact) mass is 508 g/mol. The van der Waals surface area contributed by atoms with Gasteiger partial charge in [-0.2, -0.15) is 0 Å². The van der Waals surface area contributed by atoms with Gasteiger partial charge >= 0.3 is 0 Å². The van der Waals surface area contributed by atoms with Crippen molar-refractivity contribution in [2.24, 2.45) is 11.3 Å². The number of ether oxygens (including phenoxy) is 2. The highest BCUT2D eigenvalue weighted by Crippen LogP contribution is 2.50. The van der Waals surface area contributed by atoms with E-state index in [0.717, 1.165) is 44.7 Å². The molecule has 0 spiro atoms. The van der Waals surface area contributed by atoms with Crippen molar-refractivity contribution in [1.29, 1.82) is 0 Å². The second-order valence-corrected chi connectivity index (χ2v) is 11.9. The van der Waals surface area contributed by atoms with Gasteiger partial charge < -0.3 is 13.9 Å². The summed E-state index contributed by atoms with van der Waals surface area (Å²) in [5.74, 6) is 0.164. The number of anilines is 1. The first-order chi connectivity index (χ1) is 17.8. The van der Waals surface area contributed by atoms with E-state index in [0.29, 0.717) is 17.7 Å². The molecule has 2 atom stereocenters. The number of rotatable bonds is 6. The van der Waals surface area contributed by atoms with Crippen LogP contribution in [0.5, 0.6) is 0 Å². The molecule has 0 N–H and O–H groups in total. The summed E-state index contributed by atoms with van der Waals surface area (Å²) in [5, 5.41) is 0. The number of likely N-dealkylation sites (tertiary alicyclic amines) is 1. The van der Waals surface area contributed by atoms with Gasteiger partial charge in [0.05, 0.1) is 25.6 Å². The van der Waals surface area contributed by atoms with E-state index in [2.05, 4.69) is 43.0 Å². The van der Waals surface area contributed by atoms with Gasteiger partial charge in [-0.1, -0.05) is 37.0 Å². The summed E-state index contributed by atoms with van der Waals surface area (Å²) in [4.78, 5) is 18.6. The summed E-state index contributed by atoms with van der Waals surface area (Å²) in [6.45, 7) is 11.0. The number of amides is 1. The largest absolute Gasteiger partial charge is 0.459 e. The minimum Gasteiger partial charge on any atom is -0.459 e. The van der Waals surface area contributed by atoms with Crippen molar-refractivity contribution < 1.29 is 18.7 Å². The Morgan fingerprint density at radius 3 is 2.35 bits per heavy atom. The lowest BCUT2D eigenvalue weighted by Gasteiger charge is -2.56. The van der Waals surface area contributed by atoms with E-state index in [1.54, 1.807) is 18.4 Å². The van der Waals surface area contributed by atoms with Crippen molar-refractivity contribution in [1.82, 2.24) is 4.90 Å². The highest BCUT2D eigenvalue weighted by Gasteiger charge is 2.51. The van der Waals surface area contributed by atoms with Crippen molar-refractivity contribution in [3.05, 3.63) is 54.0 Å². The molecule has 3 heterocycles. The number of piperidine rings is 1. The first-order valence-electron chi connectivity index (χ1n) is 14.3. The molecule has 6 nitrogen and oxygen atoms in total. The van der Waals surface area contributed by atoms with Gasteiger partial charge in [0.25, 0.3) is 5.91 Å². The molecule has 1 aromatic heterocycles. The zero-order chi connectivity index (χ0) is 26.0. The molecule has 1 aromatic carbocycles. The molecule has 202 valence electrons. The van der Waals surface area contributed by atoms with E-state index in [-0.39, 0.29) is 17.5 Å². The smallest absolute Gasteiger partial charge is 0.295 e. The molecule has 3 fully saturated rings. The third kappa shape index (κ3) is 5.39. The van der Waals surface area contributed by atoms with Crippen LogP contribution in [0.2, 0.25) is 0 Å². The summed E-state index contributed by atoms with van der Waals surface area (Å²) in [5.41, 5.74) is 2.22. The quantitative estimate of drug-likeness (QED) is 0.430. The molecule has 1 saturated carbocycles. The Morgan fingerprint density at radius 1 is 1.00 bits per heavy atom. The average Bonchev–Trinajstić information content (AvgIpc) is 3.45. The predicted molar refractivity (Wildman–Crippen MR) is 145 cm³/mol. The zero-order valence-corrected chi connectivity index (χ0v) is 23.1. The lowest BCUT2D eigenvalue weighted by molar-refractivity contribution is -0.282. The Balaban J connectivity index is 1.50. The average molecular weight is 509 g/mol. The van der Waals surface area contributed by atoms with Crippen molar-refractivity contribution in [3.8, 4) is 0 Å². The molecule has 37 heavy (non-hydrogen) atoms. The van der Waals surface area contributed by atoms with E-state index in [1.807, 2.05) is 18.7 Å². The van der Waals surface area contributed by atoms with Gasteiger partial charge in [-0.25, -0.2) is 0 Å². The highest BCUT2D eigenvalue weighted by molar-refractivity contribution is 6.04. The number of benzene rings is 1. The second kappa shape index (κ2) is 10.9. The number of carbonyl (C=O) groups excluding carboxylic acids is 1. The van der Waals surface area contributed by atoms with Gasteiger partial charge in [0, 0.05) is 24.2 Å². The summed E-state index contributed by atoms with van der Waals surface area (Å²) >= 11 is 0. The van der Waals surface area contributed by atoms with Gasteiger partial charge in [0.2, 0.25) is 0 Å². The van der Waals surface area contributed by atoms with Crippen LogP contribution in [0.3, 0.4) is 0 Å². The van der Waals surface area contributed by atoms with E-state index in [1.165, 1.54) is 37.7 Å². The first kappa shape index (κ1) is 26.5. The Hall–Kier alpha value is -2.15. The van der Waals surface area contributed by atoms with Gasteiger partial charge in [-0.3, -0.25) is 14.6 Å². The Bertz CT molecular complexity index is 1020. The molecule has 6 heteroatoms. The molecular formula is C31H44N2O4. The van der Waals surface area contributed by atoms with Gasteiger partial charge in [-0.15, -0.1) is 0 Å². The molecule has 5 rings (SSSR count). The summed E-state index contributed by atoms with van der Waals surface area (Å²) < 4.78 is 18.1. The number of aryl methyl sites for hydroxylation is 1. The second-order valence-electron chi connectivity index (χ2n) is 11.9. The molecule has 2 saturated heterocycles. The number of furan rings is 1. The molecular weight excluding hydrogens is 464 g/mol. The van der Waals surface area contributed by atoms with Crippen molar-refractivity contribution in [3.63, 3.8) is 0 Å². The molecule has 3 aliphatic rings. The van der Waals surface area contributed by atoms with Gasteiger partial charge in [-0.05, 0) is 89.5 Å². The Morgan fingerprint density at radius 2 is 1.70 bits per heavy atom. The van der Waals surface area contributed by atoms with Crippen LogP contribution in [0.1, 0.15) is 88.3 Å². The van der Waals surface area contributed by atoms with Crippen LogP contribution < -0.4 is 4.90 Å². The highest BCUT2D eigenvalue weighted by atomic mass is 16.7. The molecule has 2 aromatic rings. The lowest BCUT2D eigenvalue weighted by atomic mass is 9.61. The van der Waals surface area contributed by atoms with Gasteiger partial charge in [0.1, 0.15) is 0 Å². The lowest BCUT2D eigenvalue weighted by Crippen LogP contribution is -2.62. The van der Waals surface area contributed by atoms with E-state index >= 15 is 0 Å². The summed E-state index contributed by atoms with van der Waals surface area (Å²) in [6, 6.07) is 12.2. The van der Waals surface area contributed by atoms with E-state index < -0.39 is 5.79 Å². The van der Waals surface area contributed by atoms with E-state index in [4.69, 9.17) is 13.9 Å². The van der Waals surface area contributed by atoms with Crippen LogP contribution in [-0.2, 0) is 9.47 Å². The number of hydrogen-bond donors (Lipinski definition) is 0. The third-order valence-corrected chi connectivity index (χ3v) is 9.26. The van der Waals surface area contributed by atoms with Crippen LogP contribution in [0.15, 0.2) is 47.1 Å². The van der Waals surface area contributed by atoms with Gasteiger partial charge in [0.15, 0.2) is 11.5 Å². The minimum absolute atomic E-state index is 0.0234. The zero-order valence-electron chi connectivity index (χ0n) is 23.1. The van der Waals surface area contributed by atoms with Crippen LogP contribution in [0, 0.1) is 18.3 Å². The molecule has 0 radical (unpaired) electrons. The fraction of sp³-hybridized carbons (Fsp3) is 0.645. The maximum absolute atomic E-state index is 14.0. The normalized spacial score (nSPS) is 25.5. The van der Waals surface area contributed by atoms with Crippen LogP contribution in [0.25, 0.3) is 0 Å². The topological polar surface area (TPSA) is 55.2 Å². The van der Waals surface area contributed by atoms with Crippen LogP contribution in [-0.4, -0.2) is 48.6 Å². The molecule has 1 amide bonds. The Labute approximate surface area is 222 Å². The SMILES string of the molecule is Cc1ccc(N(C(=O)c2ccco2)C2CCCCN2C(C)C2(C3COC(C)(C)OC3)CCCCC2)cc1. The predicted octanol–water partition coefficient (Wildman–Crippen LogP) is 6.78. The van der Waals surface area contributed by atoms with Crippen molar-refractivity contribution in [2.45, 2.75) is 97.1 Å². The maximum Gasteiger partial charge on any atom is 0.295 e. The number of hydrogen-bond acceptors (Lipinski definition) is 5. The van der Waals surface area contributed by atoms with Crippen LogP contribution in [0.4, 0.5) is 5.69 Å². The Kier molecular flexibility index (Phi) is 7.80. The minimum atomic E-state index is -0.513. The summed E-state index contributed by atoms with van der Waals surface area (Å²) in [6.07, 6.45) is 10.9. The third-order valence-electron chi connectivity index (χ3n) is 9.26. The van der Waals surface area contributed by atoms with Crippen molar-refractivity contribution in [2.75, 3.05) is 24.7 Å². The first-order valence-corrected chi connectivity index (χ1v) is 14.3. The maximum atomic E-state index is 14.0. The molecule has 2 unspecified atom stereocenters. The molecule has 0 bridgehead atoms. The molecule has 1 aliphatic carbocycles. The molecule has 2 aliphatic heterocycles. The fourth-order valence-electron chi connectivity index (χ4n) is 7.05. The standard InChI is InChI=1S/C31H44N2O4/c1-23-13-15-26(16-14-23)33(29(34)27-11-10-20-35-27)28-12-6-9-19-32(28)24(2)31(17-7-5-8-18-31)25-21-36-30(3,4)37-22-25/h10-11,13-16,20,24-25,28H,5-9,12,17-19,21-22H2,1-4H3.